The molecule has 0 saturated carbocycles. The molecule has 1 heterocycles. The second kappa shape index (κ2) is 5.14. The maximum atomic E-state index is 5.48. The van der Waals surface area contributed by atoms with Gasteiger partial charge in [-0.15, -0.1) is 11.3 Å². The normalized spacial score (nSPS) is 12.3. The van der Waals surface area contributed by atoms with E-state index in [9.17, 15) is 0 Å². The monoisotopic (exact) mass is 212 g/mol. The van der Waals surface area contributed by atoms with Crippen molar-refractivity contribution < 1.29 is 4.74 Å². The van der Waals surface area contributed by atoms with Gasteiger partial charge in [0.2, 0.25) is 0 Å². The molecule has 0 saturated heterocycles. The summed E-state index contributed by atoms with van der Waals surface area (Å²) in [6.07, 6.45) is 2.09. The van der Waals surface area contributed by atoms with Gasteiger partial charge in [-0.25, -0.2) is 5.43 Å². The molecule has 0 spiro atoms. The molecule has 78 valence electrons. The minimum atomic E-state index is 0.0777. The number of allylic oxidation sites excluding steroid dienone is 1. The van der Waals surface area contributed by atoms with E-state index in [1.807, 2.05) is 11.4 Å². The number of rotatable bonds is 4. The van der Waals surface area contributed by atoms with Gasteiger partial charge in [-0.1, -0.05) is 11.6 Å². The Morgan fingerprint density at radius 1 is 1.64 bits per heavy atom. The van der Waals surface area contributed by atoms with E-state index in [1.54, 1.807) is 18.4 Å². The summed E-state index contributed by atoms with van der Waals surface area (Å²) in [5.74, 6) is 6.36. The molecule has 0 radical (unpaired) electrons. The van der Waals surface area contributed by atoms with E-state index in [-0.39, 0.29) is 6.04 Å². The van der Waals surface area contributed by atoms with Crippen molar-refractivity contribution in [3.05, 3.63) is 28.0 Å². The zero-order valence-electron chi connectivity index (χ0n) is 8.70. The van der Waals surface area contributed by atoms with Crippen molar-refractivity contribution >= 4 is 11.3 Å². The van der Waals surface area contributed by atoms with Crippen molar-refractivity contribution in [3.8, 4) is 5.75 Å². The van der Waals surface area contributed by atoms with Crippen LogP contribution in [0.5, 0.6) is 5.75 Å². The Morgan fingerprint density at radius 2 is 2.36 bits per heavy atom. The highest BCUT2D eigenvalue weighted by molar-refractivity contribution is 7.10. The first-order valence-corrected chi connectivity index (χ1v) is 5.29. The van der Waals surface area contributed by atoms with Gasteiger partial charge in [0.1, 0.15) is 5.75 Å². The summed E-state index contributed by atoms with van der Waals surface area (Å²) < 4.78 is 5.12. The molecule has 3 N–H and O–H groups in total. The third kappa shape index (κ3) is 2.83. The first-order valence-electron chi connectivity index (χ1n) is 4.41. The summed E-state index contributed by atoms with van der Waals surface area (Å²) in [4.78, 5) is 1.16. The molecule has 1 unspecified atom stereocenters. The van der Waals surface area contributed by atoms with E-state index < -0.39 is 0 Å². The van der Waals surface area contributed by atoms with E-state index in [0.29, 0.717) is 0 Å². The first kappa shape index (κ1) is 11.2. The minimum absolute atomic E-state index is 0.0777. The lowest BCUT2D eigenvalue weighted by molar-refractivity contribution is 0.416. The van der Waals surface area contributed by atoms with Crippen LogP contribution in [0.1, 0.15) is 24.8 Å². The number of hydrogen-bond donors (Lipinski definition) is 2. The van der Waals surface area contributed by atoms with Gasteiger partial charge in [0.05, 0.1) is 13.2 Å². The van der Waals surface area contributed by atoms with Gasteiger partial charge in [-0.2, -0.15) is 0 Å². The van der Waals surface area contributed by atoms with Crippen molar-refractivity contribution in [2.75, 3.05) is 7.11 Å². The SMILES string of the molecule is COc1csc(C(C=C(C)C)NN)c1. The van der Waals surface area contributed by atoms with Crippen molar-refractivity contribution in [3.63, 3.8) is 0 Å². The highest BCUT2D eigenvalue weighted by atomic mass is 32.1. The van der Waals surface area contributed by atoms with Crippen LogP contribution in [-0.4, -0.2) is 7.11 Å². The van der Waals surface area contributed by atoms with Crippen LogP contribution < -0.4 is 16.0 Å². The molecule has 14 heavy (non-hydrogen) atoms. The number of thiophene rings is 1. The van der Waals surface area contributed by atoms with Crippen LogP contribution in [0.15, 0.2) is 23.1 Å². The van der Waals surface area contributed by atoms with Gasteiger partial charge in [0.15, 0.2) is 0 Å². The summed E-state index contributed by atoms with van der Waals surface area (Å²) in [6.45, 7) is 4.10. The van der Waals surface area contributed by atoms with Crippen molar-refractivity contribution in [1.82, 2.24) is 5.43 Å². The lowest BCUT2D eigenvalue weighted by Gasteiger charge is -2.09. The zero-order chi connectivity index (χ0) is 10.6. The molecule has 0 bridgehead atoms. The maximum Gasteiger partial charge on any atom is 0.129 e. The Kier molecular flexibility index (Phi) is 4.13. The fourth-order valence-electron chi connectivity index (χ4n) is 1.15. The van der Waals surface area contributed by atoms with E-state index in [2.05, 4.69) is 25.3 Å². The highest BCUT2D eigenvalue weighted by Crippen LogP contribution is 2.27. The average Bonchev–Trinajstić information content (AvgIpc) is 2.62. The minimum Gasteiger partial charge on any atom is -0.496 e. The number of nitrogens with one attached hydrogen (secondary N) is 1. The van der Waals surface area contributed by atoms with Crippen molar-refractivity contribution in [2.45, 2.75) is 19.9 Å². The summed E-state index contributed by atoms with van der Waals surface area (Å²) in [5.41, 5.74) is 4.00. The predicted octanol–water partition coefficient (Wildman–Crippen LogP) is 2.23. The number of hydrazine groups is 1. The van der Waals surface area contributed by atoms with Crippen LogP contribution in [0.4, 0.5) is 0 Å². The lowest BCUT2D eigenvalue weighted by atomic mass is 10.2. The first-order chi connectivity index (χ1) is 6.67. The van der Waals surface area contributed by atoms with Gasteiger partial charge in [0.25, 0.3) is 0 Å². The molecule has 0 aliphatic carbocycles. The molecular weight excluding hydrogens is 196 g/mol. The average molecular weight is 212 g/mol. The summed E-state index contributed by atoms with van der Waals surface area (Å²) in [5, 5.41) is 1.97. The topological polar surface area (TPSA) is 47.3 Å². The van der Waals surface area contributed by atoms with Gasteiger partial charge < -0.3 is 4.74 Å². The van der Waals surface area contributed by atoms with Gasteiger partial charge >= 0.3 is 0 Å². The standard InChI is InChI=1S/C10H16N2OS/c1-7(2)4-9(12-11)10-5-8(13-3)6-14-10/h4-6,9,12H,11H2,1-3H3. The number of ether oxygens (including phenoxy) is 1. The van der Waals surface area contributed by atoms with Gasteiger partial charge in [-0.05, 0) is 19.9 Å². The Labute approximate surface area is 88.5 Å². The Balaban J connectivity index is 2.84. The van der Waals surface area contributed by atoms with Crippen LogP contribution >= 0.6 is 11.3 Å². The molecule has 4 heteroatoms. The van der Waals surface area contributed by atoms with Crippen molar-refractivity contribution in [2.24, 2.45) is 5.84 Å². The second-order valence-electron chi connectivity index (χ2n) is 3.28. The molecule has 1 atom stereocenters. The zero-order valence-corrected chi connectivity index (χ0v) is 9.52. The molecule has 0 amide bonds. The number of hydrogen-bond acceptors (Lipinski definition) is 4. The largest absolute Gasteiger partial charge is 0.496 e. The summed E-state index contributed by atoms with van der Waals surface area (Å²) in [6, 6.07) is 2.07. The molecule has 0 fully saturated rings. The van der Waals surface area contributed by atoms with E-state index in [4.69, 9.17) is 10.6 Å². The third-order valence-corrected chi connectivity index (χ3v) is 2.81. The molecule has 0 aliphatic rings. The van der Waals surface area contributed by atoms with Gasteiger partial charge in [-0.3, -0.25) is 5.84 Å². The van der Waals surface area contributed by atoms with Crippen LogP contribution in [0.2, 0.25) is 0 Å². The Bertz CT molecular complexity index is 316. The smallest absolute Gasteiger partial charge is 0.129 e. The van der Waals surface area contributed by atoms with Gasteiger partial charge in [0, 0.05) is 10.3 Å². The Hall–Kier alpha value is -0.840. The highest BCUT2D eigenvalue weighted by Gasteiger charge is 2.09. The molecular formula is C10H16N2OS. The lowest BCUT2D eigenvalue weighted by Crippen LogP contribution is -2.26. The third-order valence-electron chi connectivity index (χ3n) is 1.82. The number of methoxy groups -OCH3 is 1. The van der Waals surface area contributed by atoms with Crippen molar-refractivity contribution in [1.29, 1.82) is 0 Å². The molecule has 1 aromatic heterocycles. The second-order valence-corrected chi connectivity index (χ2v) is 4.22. The van der Waals surface area contributed by atoms with E-state index >= 15 is 0 Å². The summed E-state index contributed by atoms with van der Waals surface area (Å²) >= 11 is 1.64. The number of nitrogens with two attached hydrogens (primary N) is 1. The summed E-state index contributed by atoms with van der Waals surface area (Å²) in [7, 11) is 1.66. The Morgan fingerprint density at radius 3 is 2.79 bits per heavy atom. The maximum absolute atomic E-state index is 5.48. The fourth-order valence-corrected chi connectivity index (χ4v) is 2.03. The molecule has 3 nitrogen and oxygen atoms in total. The van der Waals surface area contributed by atoms with Crippen LogP contribution in [0, 0.1) is 0 Å². The molecule has 0 aromatic carbocycles. The quantitative estimate of drug-likeness (QED) is 0.457. The van der Waals surface area contributed by atoms with Crippen LogP contribution in [0.3, 0.4) is 0 Å². The van der Waals surface area contributed by atoms with E-state index in [1.165, 1.54) is 5.57 Å². The fraction of sp³-hybridized carbons (Fsp3) is 0.400. The molecule has 0 aliphatic heterocycles. The van der Waals surface area contributed by atoms with E-state index in [0.717, 1.165) is 10.6 Å². The predicted molar refractivity (Wildman–Crippen MR) is 60.4 cm³/mol. The molecule has 1 rings (SSSR count). The van der Waals surface area contributed by atoms with Crippen LogP contribution in [-0.2, 0) is 0 Å². The molecule has 1 aromatic rings. The van der Waals surface area contributed by atoms with Crippen LogP contribution in [0.25, 0.3) is 0 Å².